The molecule has 5 bridgehead atoms. The number of carbonyl (C=O) groups excluding carboxylic acids is 4. The molecule has 5 unspecified atom stereocenters. The third kappa shape index (κ3) is 8.63. The summed E-state index contributed by atoms with van der Waals surface area (Å²) in [5.74, 6) is -1.96. The number of allylic oxidation sites excluding steroid dienone is 1. The first kappa shape index (κ1) is 33.1. The predicted molar refractivity (Wildman–Crippen MR) is 167 cm³/mol. The van der Waals surface area contributed by atoms with Crippen LogP contribution in [0.2, 0.25) is 0 Å². The van der Waals surface area contributed by atoms with Gasteiger partial charge in [0.15, 0.2) is 6.10 Å². The minimum absolute atomic E-state index is 0.103. The van der Waals surface area contributed by atoms with E-state index in [0.29, 0.717) is 32.2 Å². The van der Waals surface area contributed by atoms with Crippen molar-refractivity contribution in [2.45, 2.75) is 96.6 Å². The first-order valence-corrected chi connectivity index (χ1v) is 15.5. The van der Waals surface area contributed by atoms with Gasteiger partial charge >= 0.3 is 5.97 Å². The van der Waals surface area contributed by atoms with Crippen molar-refractivity contribution in [1.29, 1.82) is 0 Å². The Morgan fingerprint density at radius 1 is 0.977 bits per heavy atom. The quantitative estimate of drug-likeness (QED) is 0.441. The van der Waals surface area contributed by atoms with Gasteiger partial charge in [-0.15, -0.1) is 0 Å². The van der Waals surface area contributed by atoms with E-state index in [1.165, 1.54) is 5.01 Å². The number of hydrogen-bond acceptors (Lipinski definition) is 8. The molecule has 2 aromatic rings. The number of rotatable bonds is 2. The first-order valence-electron chi connectivity index (χ1n) is 15.5. The normalized spacial score (nSPS) is 26.7. The lowest BCUT2D eigenvalue weighted by atomic mass is 10.1. The second kappa shape index (κ2) is 15.3. The van der Waals surface area contributed by atoms with Gasteiger partial charge < -0.3 is 20.1 Å². The number of benzene rings is 1. The molecule has 1 saturated heterocycles. The van der Waals surface area contributed by atoms with E-state index in [-0.39, 0.29) is 36.3 Å². The highest BCUT2D eigenvalue weighted by Gasteiger charge is 2.34. The zero-order valence-electron chi connectivity index (χ0n) is 26.3. The van der Waals surface area contributed by atoms with E-state index in [9.17, 15) is 19.2 Å². The average molecular weight is 608 g/mol. The second-order valence-electron chi connectivity index (χ2n) is 12.0. The Balaban J connectivity index is 1.57. The van der Waals surface area contributed by atoms with Crippen LogP contribution in [0, 0.1) is 5.92 Å². The molecule has 238 valence electrons. The van der Waals surface area contributed by atoms with Gasteiger partial charge in [0.05, 0.1) is 23.4 Å². The predicted octanol–water partition coefficient (Wildman–Crippen LogP) is 3.58. The minimum atomic E-state index is -1.05. The van der Waals surface area contributed by atoms with Crippen molar-refractivity contribution in [3.8, 4) is 0 Å². The molecule has 3 heterocycles. The fraction of sp³-hybridized carbons (Fsp3) is 0.545. The van der Waals surface area contributed by atoms with Crippen molar-refractivity contribution in [3.63, 3.8) is 0 Å². The zero-order valence-corrected chi connectivity index (χ0v) is 26.3. The Bertz CT molecular complexity index is 1380. The maximum atomic E-state index is 13.3. The number of fused-ring (bicyclic) bond motifs is 4. The molecule has 0 spiro atoms. The molecular weight excluding hydrogens is 562 g/mol. The van der Waals surface area contributed by atoms with Gasteiger partial charge in [0, 0.05) is 25.5 Å². The topological polar surface area (TPSA) is 139 Å². The summed E-state index contributed by atoms with van der Waals surface area (Å²) in [6.45, 7) is 7.42. The molecular formula is C33H45N5O6. The molecule has 0 saturated carbocycles. The van der Waals surface area contributed by atoms with E-state index >= 15 is 0 Å². The summed E-state index contributed by atoms with van der Waals surface area (Å²) >= 11 is 0. The largest absolute Gasteiger partial charge is 0.452 e. The Kier molecular flexibility index (Phi) is 11.5. The highest BCUT2D eigenvalue weighted by molar-refractivity contribution is 5.90. The molecule has 1 fully saturated rings. The molecule has 44 heavy (non-hydrogen) atoms. The Labute approximate surface area is 259 Å². The van der Waals surface area contributed by atoms with Gasteiger partial charge in [-0.25, -0.2) is 5.43 Å². The van der Waals surface area contributed by atoms with Crippen LogP contribution in [0.1, 0.15) is 83.5 Å². The highest BCUT2D eigenvalue weighted by Crippen LogP contribution is 2.21. The van der Waals surface area contributed by atoms with E-state index in [0.717, 1.165) is 28.6 Å². The molecule has 11 heteroatoms. The van der Waals surface area contributed by atoms with Crippen LogP contribution in [0.25, 0.3) is 17.0 Å². The summed E-state index contributed by atoms with van der Waals surface area (Å²) in [4.78, 5) is 57.2. The summed E-state index contributed by atoms with van der Waals surface area (Å²) in [6, 6.07) is 8.10. The molecule has 1 aromatic carbocycles. The summed E-state index contributed by atoms with van der Waals surface area (Å²) in [7, 11) is 1.62. The van der Waals surface area contributed by atoms with Crippen molar-refractivity contribution in [2.75, 3.05) is 13.7 Å². The summed E-state index contributed by atoms with van der Waals surface area (Å²) in [5.41, 5.74) is 5.60. The number of cyclic esters (lactones) is 1. The van der Waals surface area contributed by atoms with Gasteiger partial charge in [0.1, 0.15) is 12.1 Å². The van der Waals surface area contributed by atoms with Crippen molar-refractivity contribution in [2.24, 2.45) is 5.92 Å². The standard InChI is InChI=1S/C33H45N5O6/c1-20(2)30-32(41)35-22(4)33(42)38-18-8-11-27(37-38)31(40)34-21(3)26-16-14-24-13-12-23(19-28(24)36-26)9-6-7-10-25(43-5)15-17-29(39)44-30/h6,9,12-14,16,19-22,25,27,30,37H,7-8,10-11,15,17-18H2,1-5H3,(H,34,40)(H,35,41). The fourth-order valence-corrected chi connectivity index (χ4v) is 5.46. The van der Waals surface area contributed by atoms with Crippen molar-refractivity contribution in [3.05, 3.63) is 47.7 Å². The van der Waals surface area contributed by atoms with Gasteiger partial charge in [0.25, 0.3) is 11.8 Å². The van der Waals surface area contributed by atoms with Crippen LogP contribution < -0.4 is 16.1 Å². The first-order chi connectivity index (χ1) is 21.0. The van der Waals surface area contributed by atoms with E-state index in [2.05, 4.69) is 22.1 Å². The minimum Gasteiger partial charge on any atom is -0.452 e. The number of nitrogens with one attached hydrogen (secondary N) is 3. The number of hydrogen-bond donors (Lipinski definition) is 3. The van der Waals surface area contributed by atoms with Gasteiger partial charge in [0.2, 0.25) is 5.91 Å². The highest BCUT2D eigenvalue weighted by atomic mass is 16.5. The molecule has 5 atom stereocenters. The van der Waals surface area contributed by atoms with Crippen LogP contribution in [-0.4, -0.2) is 71.6 Å². The molecule has 4 rings (SSSR count). The SMILES string of the molecule is COC1CCC=Cc2ccc3ccc(nc3c2)C(C)NC(=O)C2CCCN(N2)C(=O)C(C)NC(=O)C(C(C)C)OC(=O)CC1. The van der Waals surface area contributed by atoms with E-state index in [1.807, 2.05) is 43.3 Å². The van der Waals surface area contributed by atoms with Crippen LogP contribution in [-0.2, 0) is 28.7 Å². The number of carbonyl (C=O) groups is 4. The number of pyridine rings is 1. The van der Waals surface area contributed by atoms with Crippen molar-refractivity contribution in [1.82, 2.24) is 26.1 Å². The Morgan fingerprint density at radius 3 is 2.48 bits per heavy atom. The smallest absolute Gasteiger partial charge is 0.306 e. The van der Waals surface area contributed by atoms with Crippen LogP contribution in [0.3, 0.4) is 0 Å². The van der Waals surface area contributed by atoms with Crippen LogP contribution in [0.5, 0.6) is 0 Å². The molecule has 1 aromatic heterocycles. The fourth-order valence-electron chi connectivity index (χ4n) is 5.46. The van der Waals surface area contributed by atoms with E-state index in [4.69, 9.17) is 14.5 Å². The summed E-state index contributed by atoms with van der Waals surface area (Å²) in [5, 5.41) is 8.11. The number of nitrogens with zero attached hydrogens (tertiary/aromatic N) is 2. The molecule has 3 N–H and O–H groups in total. The summed E-state index contributed by atoms with van der Waals surface area (Å²) in [6.07, 6.45) is 6.11. The summed E-state index contributed by atoms with van der Waals surface area (Å²) < 4.78 is 11.2. The zero-order chi connectivity index (χ0) is 31.8. The van der Waals surface area contributed by atoms with Crippen LogP contribution in [0.15, 0.2) is 36.4 Å². The molecule has 3 amide bonds. The number of esters is 1. The number of ether oxygens (including phenoxy) is 2. The average Bonchev–Trinajstić information content (AvgIpc) is 3.01. The molecule has 0 radical (unpaired) electrons. The van der Waals surface area contributed by atoms with Crippen LogP contribution >= 0.6 is 0 Å². The molecule has 0 aliphatic carbocycles. The van der Waals surface area contributed by atoms with Gasteiger partial charge in [-0.3, -0.25) is 29.2 Å². The molecule has 2 aliphatic rings. The Hall–Kier alpha value is -3.83. The van der Waals surface area contributed by atoms with Crippen molar-refractivity contribution < 1.29 is 28.7 Å². The number of methoxy groups -OCH3 is 1. The van der Waals surface area contributed by atoms with Gasteiger partial charge in [-0.1, -0.05) is 44.2 Å². The van der Waals surface area contributed by atoms with Gasteiger partial charge in [-0.05, 0) is 69.6 Å². The molecule has 11 nitrogen and oxygen atoms in total. The lowest BCUT2D eigenvalue weighted by molar-refractivity contribution is -0.160. The Morgan fingerprint density at radius 2 is 1.73 bits per heavy atom. The maximum Gasteiger partial charge on any atom is 0.306 e. The third-order valence-corrected chi connectivity index (χ3v) is 8.13. The molecule has 2 aliphatic heterocycles. The monoisotopic (exact) mass is 607 g/mol. The van der Waals surface area contributed by atoms with E-state index in [1.54, 1.807) is 27.9 Å². The van der Waals surface area contributed by atoms with E-state index < -0.39 is 30.1 Å². The number of amides is 3. The number of aromatic nitrogens is 1. The second-order valence-corrected chi connectivity index (χ2v) is 12.0. The van der Waals surface area contributed by atoms with Crippen molar-refractivity contribution >= 4 is 40.7 Å². The lowest BCUT2D eigenvalue weighted by Crippen LogP contribution is -2.61. The lowest BCUT2D eigenvalue weighted by Gasteiger charge is -2.35. The van der Waals surface area contributed by atoms with Gasteiger partial charge in [-0.2, -0.15) is 0 Å². The third-order valence-electron chi connectivity index (χ3n) is 8.13. The number of hydrazine groups is 1. The van der Waals surface area contributed by atoms with Crippen LogP contribution in [0.4, 0.5) is 0 Å². The maximum absolute atomic E-state index is 13.3.